The molecule has 1 heterocycles. The van der Waals surface area contributed by atoms with Crippen LogP contribution < -0.4 is 15.2 Å². The number of nitrogens with one attached hydrogen (secondary N) is 1. The van der Waals surface area contributed by atoms with Gasteiger partial charge < -0.3 is 24.0 Å². The average molecular weight is 336 g/mol. The van der Waals surface area contributed by atoms with E-state index < -0.39 is 20.3 Å². The summed E-state index contributed by atoms with van der Waals surface area (Å²) in [5, 5.41) is 13.4. The van der Waals surface area contributed by atoms with E-state index in [4.69, 9.17) is 11.6 Å². The number of aromatic nitrogens is 1. The van der Waals surface area contributed by atoms with Crippen LogP contribution in [0.1, 0.15) is 16.8 Å². The van der Waals surface area contributed by atoms with Crippen LogP contribution >= 0.6 is 19.4 Å². The fraction of sp³-hybridized carbons (Fsp3) is 0.300. The van der Waals surface area contributed by atoms with Crippen molar-refractivity contribution in [3.63, 3.8) is 0 Å². The van der Waals surface area contributed by atoms with Crippen molar-refractivity contribution in [3.8, 4) is 5.75 Å². The van der Waals surface area contributed by atoms with Crippen LogP contribution in [0.15, 0.2) is 11.3 Å². The lowest BCUT2D eigenvalue weighted by Crippen LogP contribution is -2.19. The summed E-state index contributed by atoms with van der Waals surface area (Å²) in [4.78, 5) is 35.7. The van der Waals surface area contributed by atoms with E-state index in [0.29, 0.717) is 0 Å². The quantitative estimate of drug-likeness (QED) is 0.297. The van der Waals surface area contributed by atoms with Gasteiger partial charge in [0.1, 0.15) is 11.6 Å². The molecule has 11 heteroatoms. The second-order valence-corrected chi connectivity index (χ2v) is 5.20. The minimum Gasteiger partial charge on any atom is -0.790 e. The molecule has 116 valence electrons. The molecular formula is C10H11ClN3O6P-2. The van der Waals surface area contributed by atoms with E-state index in [1.165, 1.54) is 13.1 Å². The number of amides is 1. The van der Waals surface area contributed by atoms with Gasteiger partial charge in [0, 0.05) is 17.3 Å². The van der Waals surface area contributed by atoms with Crippen LogP contribution in [0.2, 0.25) is 0 Å². The smallest absolute Gasteiger partial charge is 0.254 e. The largest absolute Gasteiger partial charge is 0.790 e. The standard InChI is InChI=1S/C10H13ClN3O6P/c1-6-10(16)8(4-13-14-9(15)2-11)7(3-12-6)5-20-21(17,18)19/h3-4,16H,2,5H2,1H3,(H,14,15)(H2,17,18,19)/p-2/b13-4+. The van der Waals surface area contributed by atoms with Gasteiger partial charge in [-0.15, -0.1) is 11.6 Å². The molecule has 1 rings (SSSR count). The molecule has 0 radical (unpaired) electrons. The second kappa shape index (κ2) is 7.48. The Kier molecular flexibility index (Phi) is 6.25. The third-order valence-corrected chi connectivity index (χ3v) is 2.93. The summed E-state index contributed by atoms with van der Waals surface area (Å²) in [6.45, 7) is 0.886. The first-order chi connectivity index (χ1) is 9.74. The van der Waals surface area contributed by atoms with Gasteiger partial charge in [-0.2, -0.15) is 5.10 Å². The number of hydrogen-bond acceptors (Lipinski definition) is 8. The number of rotatable bonds is 6. The lowest BCUT2D eigenvalue weighted by molar-refractivity contribution is -0.342. The highest BCUT2D eigenvalue weighted by molar-refractivity contribution is 7.43. The number of carbonyl (C=O) groups excluding carboxylic acids is 1. The Morgan fingerprint density at radius 2 is 2.33 bits per heavy atom. The molecule has 0 saturated heterocycles. The summed E-state index contributed by atoms with van der Waals surface area (Å²) < 4.78 is 14.6. The van der Waals surface area contributed by atoms with Crippen LogP contribution in [0.4, 0.5) is 0 Å². The Balaban J connectivity index is 3.00. The van der Waals surface area contributed by atoms with E-state index in [1.807, 2.05) is 0 Å². The second-order valence-electron chi connectivity index (χ2n) is 3.78. The molecule has 0 fully saturated rings. The highest BCUT2D eigenvalue weighted by atomic mass is 35.5. The lowest BCUT2D eigenvalue weighted by Gasteiger charge is -2.28. The third-order valence-electron chi connectivity index (χ3n) is 2.24. The van der Waals surface area contributed by atoms with Gasteiger partial charge in [-0.3, -0.25) is 9.78 Å². The molecule has 0 aromatic carbocycles. The van der Waals surface area contributed by atoms with Gasteiger partial charge in [0.15, 0.2) is 0 Å². The Morgan fingerprint density at radius 3 is 2.90 bits per heavy atom. The molecular weight excluding hydrogens is 325 g/mol. The van der Waals surface area contributed by atoms with Crippen molar-refractivity contribution in [2.45, 2.75) is 13.5 Å². The molecule has 0 unspecified atom stereocenters. The third kappa shape index (κ3) is 5.78. The molecule has 1 amide bonds. The zero-order valence-corrected chi connectivity index (χ0v) is 12.4. The van der Waals surface area contributed by atoms with E-state index in [0.717, 1.165) is 6.21 Å². The molecule has 0 saturated carbocycles. The van der Waals surface area contributed by atoms with Gasteiger partial charge in [0.05, 0.1) is 26.3 Å². The van der Waals surface area contributed by atoms with Crippen LogP contribution in [0, 0.1) is 6.92 Å². The summed E-state index contributed by atoms with van der Waals surface area (Å²) in [5.41, 5.74) is 2.49. The predicted octanol–water partition coefficient (Wildman–Crippen LogP) is -0.870. The van der Waals surface area contributed by atoms with Crippen LogP contribution in [-0.4, -0.2) is 28.1 Å². The maximum absolute atomic E-state index is 10.9. The molecule has 0 bridgehead atoms. The van der Waals surface area contributed by atoms with E-state index in [9.17, 15) is 24.3 Å². The first kappa shape index (κ1) is 17.5. The van der Waals surface area contributed by atoms with E-state index >= 15 is 0 Å². The summed E-state index contributed by atoms with van der Waals surface area (Å²) in [6.07, 6.45) is 2.28. The molecule has 21 heavy (non-hydrogen) atoms. The molecule has 0 spiro atoms. The van der Waals surface area contributed by atoms with Crippen LogP contribution in [0.5, 0.6) is 5.75 Å². The van der Waals surface area contributed by atoms with Gasteiger partial charge in [0.25, 0.3) is 5.91 Å². The van der Waals surface area contributed by atoms with Gasteiger partial charge in [-0.25, -0.2) is 5.43 Å². The number of aromatic hydroxyl groups is 1. The number of nitrogens with zero attached hydrogens (tertiary/aromatic N) is 2. The number of pyridine rings is 1. The van der Waals surface area contributed by atoms with E-state index in [-0.39, 0.29) is 28.5 Å². The average Bonchev–Trinajstić information content (AvgIpc) is 2.41. The summed E-state index contributed by atoms with van der Waals surface area (Å²) >= 11 is 5.26. The molecule has 1 aromatic rings. The molecule has 2 N–H and O–H groups in total. The molecule has 9 nitrogen and oxygen atoms in total. The highest BCUT2D eigenvalue weighted by Gasteiger charge is 2.11. The van der Waals surface area contributed by atoms with Crippen LogP contribution in [0.25, 0.3) is 0 Å². The normalized spacial score (nSPS) is 11.8. The van der Waals surface area contributed by atoms with Crippen molar-refractivity contribution in [1.82, 2.24) is 10.4 Å². The van der Waals surface area contributed by atoms with Crippen LogP contribution in [0.3, 0.4) is 0 Å². The molecule has 0 atom stereocenters. The Bertz CT molecular complexity index is 603. The maximum Gasteiger partial charge on any atom is 0.254 e. The monoisotopic (exact) mass is 335 g/mol. The van der Waals surface area contributed by atoms with Crippen molar-refractivity contribution in [3.05, 3.63) is 23.0 Å². The predicted molar refractivity (Wildman–Crippen MR) is 69.5 cm³/mol. The van der Waals surface area contributed by atoms with Crippen LogP contribution in [-0.2, 0) is 20.5 Å². The number of aryl methyl sites for hydroxylation is 1. The Hall–Kier alpha value is -1.51. The van der Waals surface area contributed by atoms with Gasteiger partial charge in [-0.05, 0) is 6.92 Å². The highest BCUT2D eigenvalue weighted by Crippen LogP contribution is 2.29. The summed E-state index contributed by atoms with van der Waals surface area (Å²) in [7, 11) is -5.17. The molecule has 1 aromatic heterocycles. The molecule has 0 aliphatic carbocycles. The zero-order valence-electron chi connectivity index (χ0n) is 10.8. The Labute approximate surface area is 124 Å². The van der Waals surface area contributed by atoms with Crippen molar-refractivity contribution >= 4 is 31.5 Å². The number of halogens is 1. The van der Waals surface area contributed by atoms with Gasteiger partial charge >= 0.3 is 0 Å². The SMILES string of the molecule is Cc1ncc(COP(=O)([O-])[O-])c(/C=N/NC(=O)CCl)c1O. The van der Waals surface area contributed by atoms with Crippen molar-refractivity contribution in [2.75, 3.05) is 5.88 Å². The Morgan fingerprint density at radius 1 is 1.67 bits per heavy atom. The maximum atomic E-state index is 10.9. The van der Waals surface area contributed by atoms with Crippen molar-refractivity contribution < 1.29 is 28.8 Å². The first-order valence-electron chi connectivity index (χ1n) is 5.46. The fourth-order valence-electron chi connectivity index (χ4n) is 1.26. The first-order valence-corrected chi connectivity index (χ1v) is 7.46. The number of hydrazone groups is 1. The summed E-state index contributed by atoms with van der Waals surface area (Å²) in [5.74, 6) is -1.16. The number of phosphoric acid groups is 1. The van der Waals surface area contributed by atoms with E-state index in [1.54, 1.807) is 0 Å². The number of carbonyl (C=O) groups is 1. The number of alkyl halides is 1. The van der Waals surface area contributed by atoms with E-state index in [2.05, 4.69) is 20.0 Å². The van der Waals surface area contributed by atoms with Crippen molar-refractivity contribution in [1.29, 1.82) is 0 Å². The number of hydrogen-bond donors (Lipinski definition) is 2. The number of phosphoric ester groups is 1. The van der Waals surface area contributed by atoms with Gasteiger partial charge in [-0.1, -0.05) is 0 Å². The van der Waals surface area contributed by atoms with Gasteiger partial charge in [0.2, 0.25) is 0 Å². The summed E-state index contributed by atoms with van der Waals surface area (Å²) in [6, 6.07) is 0. The molecule has 0 aliphatic heterocycles. The van der Waals surface area contributed by atoms with Crippen molar-refractivity contribution in [2.24, 2.45) is 5.10 Å². The fourth-order valence-corrected chi connectivity index (χ4v) is 1.62. The minimum absolute atomic E-state index is 0.0609. The topological polar surface area (TPSA) is 147 Å². The molecule has 0 aliphatic rings. The lowest BCUT2D eigenvalue weighted by atomic mass is 10.1. The minimum atomic E-state index is -5.17. The zero-order chi connectivity index (χ0) is 16.0.